The molecule has 0 aromatic carbocycles. The third kappa shape index (κ3) is 2.66. The molecule has 0 atom stereocenters. The van der Waals surface area contributed by atoms with Gasteiger partial charge in [0, 0.05) is 25.1 Å². The van der Waals surface area contributed by atoms with Gasteiger partial charge in [-0.1, -0.05) is 11.6 Å². The maximum atomic E-state index is 12.1. The summed E-state index contributed by atoms with van der Waals surface area (Å²) >= 11 is 5.83. The molecule has 19 heavy (non-hydrogen) atoms. The molecule has 1 aromatic heterocycles. The fraction of sp³-hybridized carbons (Fsp3) is 0.615. The van der Waals surface area contributed by atoms with Crippen LogP contribution in [0.1, 0.15) is 37.4 Å². The highest BCUT2D eigenvalue weighted by atomic mass is 35.5. The number of halogens is 1. The van der Waals surface area contributed by atoms with E-state index in [0.29, 0.717) is 11.9 Å². The molecule has 2 aliphatic carbocycles. The largest absolute Gasteiger partial charge is 0.341 e. The van der Waals surface area contributed by atoms with Crippen molar-refractivity contribution in [3.63, 3.8) is 0 Å². The first-order chi connectivity index (χ1) is 9.06. The van der Waals surface area contributed by atoms with Gasteiger partial charge in [-0.15, -0.1) is 0 Å². The van der Waals surface area contributed by atoms with Crippen LogP contribution in [0.3, 0.4) is 0 Å². The minimum atomic E-state index is -0.237. The number of rotatable bonds is 4. The van der Waals surface area contributed by atoms with Crippen molar-refractivity contribution in [3.8, 4) is 0 Å². The topological polar surface area (TPSA) is 55.2 Å². The van der Waals surface area contributed by atoms with Crippen LogP contribution in [0.25, 0.3) is 0 Å². The summed E-state index contributed by atoms with van der Waals surface area (Å²) in [6.07, 6.45) is 4.15. The summed E-state index contributed by atoms with van der Waals surface area (Å²) in [6.45, 7) is 0.0713. The Bertz CT molecular complexity index is 576. The van der Waals surface area contributed by atoms with Crippen LogP contribution in [0.5, 0.6) is 0 Å². The van der Waals surface area contributed by atoms with Gasteiger partial charge in [0.2, 0.25) is 5.91 Å². The molecule has 0 saturated heterocycles. The van der Waals surface area contributed by atoms with Crippen molar-refractivity contribution in [2.75, 3.05) is 7.05 Å². The number of hydrogen-bond donors (Lipinski definition) is 0. The first-order valence-corrected chi connectivity index (χ1v) is 6.97. The van der Waals surface area contributed by atoms with E-state index in [1.807, 2.05) is 0 Å². The van der Waals surface area contributed by atoms with Crippen molar-refractivity contribution in [1.82, 2.24) is 14.5 Å². The van der Waals surface area contributed by atoms with Crippen molar-refractivity contribution < 1.29 is 4.79 Å². The molecule has 1 amide bonds. The van der Waals surface area contributed by atoms with E-state index < -0.39 is 0 Å². The minimum absolute atomic E-state index is 0.0318. The van der Waals surface area contributed by atoms with Crippen LogP contribution in [-0.2, 0) is 11.3 Å². The molecule has 1 aromatic rings. The van der Waals surface area contributed by atoms with Gasteiger partial charge < -0.3 is 4.90 Å². The Morgan fingerprint density at radius 2 is 2.16 bits per heavy atom. The zero-order chi connectivity index (χ0) is 13.6. The summed E-state index contributed by atoms with van der Waals surface area (Å²) in [5.41, 5.74) is -0.237. The molecule has 0 bridgehead atoms. The maximum absolute atomic E-state index is 12.1. The van der Waals surface area contributed by atoms with E-state index in [1.165, 1.54) is 10.6 Å². The highest BCUT2D eigenvalue weighted by Crippen LogP contribution is 2.38. The van der Waals surface area contributed by atoms with Crippen molar-refractivity contribution in [3.05, 3.63) is 27.4 Å². The van der Waals surface area contributed by atoms with Crippen LogP contribution in [0.4, 0.5) is 0 Å². The summed E-state index contributed by atoms with van der Waals surface area (Å²) in [5, 5.41) is 0.214. The maximum Gasteiger partial charge on any atom is 0.255 e. The van der Waals surface area contributed by atoms with Crippen molar-refractivity contribution >= 4 is 17.5 Å². The van der Waals surface area contributed by atoms with E-state index in [9.17, 15) is 9.59 Å². The summed E-state index contributed by atoms with van der Waals surface area (Å²) in [6, 6.07) is 1.63. The molecule has 6 heteroatoms. The van der Waals surface area contributed by atoms with Crippen molar-refractivity contribution in [1.29, 1.82) is 0 Å². The number of carbonyl (C=O) groups is 1. The fourth-order valence-electron chi connectivity index (χ4n) is 2.22. The van der Waals surface area contributed by atoms with Gasteiger partial charge in [-0.05, 0) is 25.7 Å². The lowest BCUT2D eigenvalue weighted by Crippen LogP contribution is -2.36. The van der Waals surface area contributed by atoms with Crippen LogP contribution in [0, 0.1) is 0 Å². The summed E-state index contributed by atoms with van der Waals surface area (Å²) in [5.74, 6) is 0.913. The average molecular weight is 282 g/mol. The summed E-state index contributed by atoms with van der Waals surface area (Å²) in [7, 11) is 1.80. The highest BCUT2D eigenvalue weighted by Gasteiger charge is 2.32. The van der Waals surface area contributed by atoms with Crippen molar-refractivity contribution in [2.24, 2.45) is 0 Å². The number of hydrogen-bond acceptors (Lipinski definition) is 3. The highest BCUT2D eigenvalue weighted by molar-refractivity contribution is 6.29. The van der Waals surface area contributed by atoms with Crippen LogP contribution < -0.4 is 5.56 Å². The first kappa shape index (κ1) is 12.7. The number of likely N-dealkylation sites (N-methyl/N-ethyl adjacent to an activating group) is 1. The third-order valence-corrected chi connectivity index (χ3v) is 3.92. The number of amides is 1. The lowest BCUT2D eigenvalue weighted by molar-refractivity contribution is -0.131. The molecule has 2 saturated carbocycles. The Hall–Kier alpha value is -1.36. The molecule has 0 aliphatic heterocycles. The van der Waals surface area contributed by atoms with Crippen LogP contribution in [0.2, 0.25) is 5.15 Å². The van der Waals surface area contributed by atoms with Gasteiger partial charge in [0.15, 0.2) is 0 Å². The molecule has 2 fully saturated rings. The van der Waals surface area contributed by atoms with Crippen LogP contribution >= 0.6 is 11.6 Å². The Kier molecular flexibility index (Phi) is 3.09. The molecule has 0 radical (unpaired) electrons. The second kappa shape index (κ2) is 4.63. The SMILES string of the molecule is CN(C(=O)Cn1c(C2CC2)nc(Cl)cc1=O)C1CC1. The summed E-state index contributed by atoms with van der Waals surface area (Å²) in [4.78, 5) is 30.1. The van der Waals surface area contributed by atoms with Crippen molar-refractivity contribution in [2.45, 2.75) is 44.2 Å². The number of aromatic nitrogens is 2. The molecule has 102 valence electrons. The van der Waals surface area contributed by atoms with Gasteiger partial charge in [0.05, 0.1) is 0 Å². The second-order valence-electron chi connectivity index (χ2n) is 5.37. The van der Waals surface area contributed by atoms with Gasteiger partial charge in [-0.3, -0.25) is 14.2 Å². The Labute approximate surface area is 116 Å². The molecule has 1 heterocycles. The van der Waals surface area contributed by atoms with Crippen LogP contribution in [0.15, 0.2) is 10.9 Å². The van der Waals surface area contributed by atoms with Gasteiger partial charge in [0.25, 0.3) is 5.56 Å². The quantitative estimate of drug-likeness (QED) is 0.784. The Morgan fingerprint density at radius 1 is 1.47 bits per heavy atom. The van der Waals surface area contributed by atoms with E-state index in [-0.39, 0.29) is 29.1 Å². The van der Waals surface area contributed by atoms with E-state index in [4.69, 9.17) is 11.6 Å². The molecular weight excluding hydrogens is 266 g/mol. The smallest absolute Gasteiger partial charge is 0.255 e. The van der Waals surface area contributed by atoms with E-state index >= 15 is 0 Å². The first-order valence-electron chi connectivity index (χ1n) is 6.59. The predicted molar refractivity (Wildman–Crippen MR) is 71.3 cm³/mol. The minimum Gasteiger partial charge on any atom is -0.341 e. The monoisotopic (exact) mass is 281 g/mol. The summed E-state index contributed by atoms with van der Waals surface area (Å²) < 4.78 is 1.48. The normalized spacial score (nSPS) is 18.4. The predicted octanol–water partition coefficient (Wildman–Crippen LogP) is 1.39. The van der Waals surface area contributed by atoms with Crippen LogP contribution in [-0.4, -0.2) is 33.4 Å². The molecular formula is C13H16ClN3O2. The lowest BCUT2D eigenvalue weighted by Gasteiger charge is -2.18. The van der Waals surface area contributed by atoms with E-state index in [2.05, 4.69) is 4.98 Å². The standard InChI is InChI=1S/C13H16ClN3O2/c1-16(9-4-5-9)12(19)7-17-11(18)6-10(14)15-13(17)8-2-3-8/h6,8-9H,2-5,7H2,1H3. The van der Waals surface area contributed by atoms with E-state index in [1.54, 1.807) is 11.9 Å². The van der Waals surface area contributed by atoms with E-state index in [0.717, 1.165) is 25.7 Å². The third-order valence-electron chi connectivity index (χ3n) is 3.73. The lowest BCUT2D eigenvalue weighted by atomic mass is 10.3. The van der Waals surface area contributed by atoms with Gasteiger partial charge in [0.1, 0.15) is 17.5 Å². The van der Waals surface area contributed by atoms with Gasteiger partial charge in [-0.2, -0.15) is 0 Å². The second-order valence-corrected chi connectivity index (χ2v) is 5.76. The molecule has 0 N–H and O–H groups in total. The Morgan fingerprint density at radius 3 is 2.74 bits per heavy atom. The molecule has 0 spiro atoms. The Balaban J connectivity index is 1.86. The molecule has 0 unspecified atom stereocenters. The zero-order valence-corrected chi connectivity index (χ0v) is 11.6. The number of nitrogens with zero attached hydrogens (tertiary/aromatic N) is 3. The average Bonchev–Trinajstić information content (AvgIpc) is 3.23. The fourth-order valence-corrected chi connectivity index (χ4v) is 2.40. The number of carbonyl (C=O) groups excluding carboxylic acids is 1. The molecule has 3 rings (SSSR count). The van der Waals surface area contributed by atoms with Gasteiger partial charge >= 0.3 is 0 Å². The molecule has 2 aliphatic rings. The zero-order valence-electron chi connectivity index (χ0n) is 10.8. The molecule has 5 nitrogen and oxygen atoms in total. The van der Waals surface area contributed by atoms with Gasteiger partial charge in [-0.25, -0.2) is 4.98 Å².